The maximum Gasteiger partial charge on any atom is 0.126 e. The van der Waals surface area contributed by atoms with Crippen LogP contribution in [0.5, 0.6) is 0 Å². The zero-order valence-electron chi connectivity index (χ0n) is 11.8. The van der Waals surface area contributed by atoms with E-state index in [0.717, 1.165) is 36.2 Å². The standard InChI is InChI=1S/C17H19ClFN/c1-3-9-20-11-13-7-8-14(18)10-16(13)15-5-4-6-17(19)12(15)2/h4-8,10,20H,3,9,11H2,1-2H3. The number of nitrogens with one attached hydrogen (secondary N) is 1. The minimum Gasteiger partial charge on any atom is -0.313 e. The van der Waals surface area contributed by atoms with Crippen LogP contribution < -0.4 is 5.32 Å². The van der Waals surface area contributed by atoms with Crippen molar-refractivity contribution in [3.8, 4) is 11.1 Å². The molecule has 106 valence electrons. The van der Waals surface area contributed by atoms with E-state index in [1.54, 1.807) is 13.0 Å². The summed E-state index contributed by atoms with van der Waals surface area (Å²) in [6.07, 6.45) is 1.09. The topological polar surface area (TPSA) is 12.0 Å². The first-order chi connectivity index (χ1) is 9.63. The van der Waals surface area contributed by atoms with Crippen LogP contribution >= 0.6 is 11.6 Å². The second kappa shape index (κ2) is 6.87. The molecule has 2 rings (SSSR count). The van der Waals surface area contributed by atoms with Crippen LogP contribution in [0.15, 0.2) is 36.4 Å². The molecule has 20 heavy (non-hydrogen) atoms. The zero-order chi connectivity index (χ0) is 14.5. The fraction of sp³-hybridized carbons (Fsp3) is 0.294. The Morgan fingerprint density at radius 1 is 1.15 bits per heavy atom. The average Bonchev–Trinajstić information content (AvgIpc) is 2.44. The minimum atomic E-state index is -0.185. The van der Waals surface area contributed by atoms with Crippen molar-refractivity contribution in [2.24, 2.45) is 0 Å². The lowest BCUT2D eigenvalue weighted by Crippen LogP contribution is -2.14. The van der Waals surface area contributed by atoms with Gasteiger partial charge in [0.05, 0.1) is 0 Å². The number of rotatable bonds is 5. The van der Waals surface area contributed by atoms with Gasteiger partial charge in [0.1, 0.15) is 5.82 Å². The molecule has 0 unspecified atom stereocenters. The summed E-state index contributed by atoms with van der Waals surface area (Å²) in [5, 5.41) is 4.05. The fourth-order valence-corrected chi connectivity index (χ4v) is 2.42. The van der Waals surface area contributed by atoms with E-state index in [1.807, 2.05) is 24.3 Å². The molecular formula is C17H19ClFN. The molecule has 0 saturated carbocycles. The van der Waals surface area contributed by atoms with E-state index in [4.69, 9.17) is 11.6 Å². The van der Waals surface area contributed by atoms with Crippen LogP contribution in [0.3, 0.4) is 0 Å². The van der Waals surface area contributed by atoms with Gasteiger partial charge < -0.3 is 5.32 Å². The second-order valence-corrected chi connectivity index (χ2v) is 5.33. The summed E-state index contributed by atoms with van der Waals surface area (Å²) in [5.74, 6) is -0.185. The summed E-state index contributed by atoms with van der Waals surface area (Å²) in [5.41, 5.74) is 3.70. The SMILES string of the molecule is CCCNCc1ccc(Cl)cc1-c1cccc(F)c1C. The second-order valence-electron chi connectivity index (χ2n) is 4.89. The van der Waals surface area contributed by atoms with Crippen molar-refractivity contribution in [3.63, 3.8) is 0 Å². The van der Waals surface area contributed by atoms with Gasteiger partial charge in [0.15, 0.2) is 0 Å². The maximum absolute atomic E-state index is 13.8. The summed E-state index contributed by atoms with van der Waals surface area (Å²) >= 11 is 6.11. The monoisotopic (exact) mass is 291 g/mol. The molecule has 0 aliphatic carbocycles. The van der Waals surface area contributed by atoms with Crippen molar-refractivity contribution >= 4 is 11.6 Å². The smallest absolute Gasteiger partial charge is 0.126 e. The van der Waals surface area contributed by atoms with E-state index in [0.29, 0.717) is 10.6 Å². The van der Waals surface area contributed by atoms with Crippen molar-refractivity contribution in [1.82, 2.24) is 5.32 Å². The lowest BCUT2D eigenvalue weighted by Gasteiger charge is -2.14. The molecule has 2 aromatic rings. The van der Waals surface area contributed by atoms with E-state index in [2.05, 4.69) is 12.2 Å². The highest BCUT2D eigenvalue weighted by Gasteiger charge is 2.10. The summed E-state index contributed by atoms with van der Waals surface area (Å²) < 4.78 is 13.8. The lowest BCUT2D eigenvalue weighted by molar-refractivity contribution is 0.619. The lowest BCUT2D eigenvalue weighted by atomic mass is 9.95. The summed E-state index contributed by atoms with van der Waals surface area (Å²) in [4.78, 5) is 0. The molecule has 0 radical (unpaired) electrons. The largest absolute Gasteiger partial charge is 0.313 e. The molecule has 0 atom stereocenters. The van der Waals surface area contributed by atoms with Gasteiger partial charge in [0, 0.05) is 11.6 Å². The molecule has 0 aromatic heterocycles. The number of hydrogen-bond acceptors (Lipinski definition) is 1. The molecule has 0 bridgehead atoms. The highest BCUT2D eigenvalue weighted by molar-refractivity contribution is 6.30. The van der Waals surface area contributed by atoms with Crippen LogP contribution in [0.2, 0.25) is 5.02 Å². The van der Waals surface area contributed by atoms with Gasteiger partial charge in [0.2, 0.25) is 0 Å². The van der Waals surface area contributed by atoms with E-state index in [-0.39, 0.29) is 5.82 Å². The van der Waals surface area contributed by atoms with Crippen LogP contribution in [-0.2, 0) is 6.54 Å². The van der Waals surface area contributed by atoms with Gasteiger partial charge >= 0.3 is 0 Å². The highest BCUT2D eigenvalue weighted by Crippen LogP contribution is 2.30. The van der Waals surface area contributed by atoms with Crippen LogP contribution in [0, 0.1) is 12.7 Å². The Bertz CT molecular complexity index is 596. The Morgan fingerprint density at radius 2 is 1.95 bits per heavy atom. The van der Waals surface area contributed by atoms with Crippen molar-refractivity contribution in [2.45, 2.75) is 26.8 Å². The third kappa shape index (κ3) is 3.38. The first-order valence-corrected chi connectivity index (χ1v) is 7.26. The first kappa shape index (κ1) is 15.0. The Kier molecular flexibility index (Phi) is 5.16. The highest BCUT2D eigenvalue weighted by atomic mass is 35.5. The Morgan fingerprint density at radius 3 is 2.70 bits per heavy atom. The average molecular weight is 292 g/mol. The first-order valence-electron chi connectivity index (χ1n) is 6.88. The zero-order valence-corrected chi connectivity index (χ0v) is 12.6. The van der Waals surface area contributed by atoms with Crippen LogP contribution in [0.4, 0.5) is 4.39 Å². The van der Waals surface area contributed by atoms with Gasteiger partial charge in [-0.05, 0) is 60.3 Å². The molecular weight excluding hydrogens is 273 g/mol. The van der Waals surface area contributed by atoms with Crippen LogP contribution in [0.1, 0.15) is 24.5 Å². The molecule has 2 aromatic carbocycles. The van der Waals surface area contributed by atoms with Crippen LogP contribution in [0.25, 0.3) is 11.1 Å². The van der Waals surface area contributed by atoms with E-state index >= 15 is 0 Å². The Balaban J connectivity index is 2.43. The summed E-state index contributed by atoms with van der Waals surface area (Å²) in [6.45, 7) is 5.65. The minimum absolute atomic E-state index is 0.185. The molecule has 0 aliphatic heterocycles. The Labute approximate surface area is 124 Å². The normalized spacial score (nSPS) is 10.8. The van der Waals surface area contributed by atoms with Gasteiger partial charge in [-0.25, -0.2) is 4.39 Å². The van der Waals surface area contributed by atoms with Gasteiger partial charge in [0.25, 0.3) is 0 Å². The van der Waals surface area contributed by atoms with Crippen molar-refractivity contribution in [1.29, 1.82) is 0 Å². The van der Waals surface area contributed by atoms with Crippen LogP contribution in [-0.4, -0.2) is 6.54 Å². The quantitative estimate of drug-likeness (QED) is 0.768. The van der Waals surface area contributed by atoms with E-state index in [1.165, 1.54) is 6.07 Å². The van der Waals surface area contributed by atoms with Crippen molar-refractivity contribution < 1.29 is 4.39 Å². The molecule has 0 amide bonds. The number of hydrogen-bond donors (Lipinski definition) is 1. The molecule has 0 saturated heterocycles. The van der Waals surface area contributed by atoms with Crippen molar-refractivity contribution in [3.05, 3.63) is 58.4 Å². The molecule has 0 aliphatic rings. The summed E-state index contributed by atoms with van der Waals surface area (Å²) in [6, 6.07) is 11.0. The molecule has 0 heterocycles. The van der Waals surface area contributed by atoms with Crippen molar-refractivity contribution in [2.75, 3.05) is 6.54 Å². The summed E-state index contributed by atoms with van der Waals surface area (Å²) in [7, 11) is 0. The van der Waals surface area contributed by atoms with Gasteiger partial charge in [-0.15, -0.1) is 0 Å². The molecule has 1 nitrogen and oxygen atoms in total. The van der Waals surface area contributed by atoms with E-state index in [9.17, 15) is 4.39 Å². The predicted octanol–water partition coefficient (Wildman–Crippen LogP) is 4.95. The van der Waals surface area contributed by atoms with E-state index < -0.39 is 0 Å². The third-order valence-corrected chi connectivity index (χ3v) is 3.61. The van der Waals surface area contributed by atoms with Gasteiger partial charge in [-0.2, -0.15) is 0 Å². The Hall–Kier alpha value is -1.38. The van der Waals surface area contributed by atoms with Gasteiger partial charge in [-0.1, -0.05) is 36.7 Å². The molecule has 0 fully saturated rings. The predicted molar refractivity (Wildman–Crippen MR) is 83.6 cm³/mol. The molecule has 3 heteroatoms. The number of halogens is 2. The third-order valence-electron chi connectivity index (χ3n) is 3.37. The maximum atomic E-state index is 13.8. The fourth-order valence-electron chi connectivity index (χ4n) is 2.25. The molecule has 0 spiro atoms. The van der Waals surface area contributed by atoms with Gasteiger partial charge in [-0.3, -0.25) is 0 Å². The number of benzene rings is 2. The molecule has 1 N–H and O–H groups in total.